The summed E-state index contributed by atoms with van der Waals surface area (Å²) in [6.45, 7) is 2.67. The van der Waals surface area contributed by atoms with E-state index < -0.39 is 0 Å². The first-order chi connectivity index (χ1) is 9.34. The summed E-state index contributed by atoms with van der Waals surface area (Å²) in [6, 6.07) is 10.3. The molecule has 0 fully saturated rings. The van der Waals surface area contributed by atoms with Gasteiger partial charge in [0.25, 0.3) is 0 Å². The zero-order valence-electron chi connectivity index (χ0n) is 10.8. The SMILES string of the molecule is Cn1c(-c2ccccc2)nc2c1C1=NCCN1CN2. The summed E-state index contributed by atoms with van der Waals surface area (Å²) in [4.78, 5) is 11.6. The highest BCUT2D eigenvalue weighted by atomic mass is 15.4. The third-order valence-corrected chi connectivity index (χ3v) is 3.71. The second-order valence-corrected chi connectivity index (χ2v) is 4.86. The molecule has 0 bridgehead atoms. The van der Waals surface area contributed by atoms with E-state index in [0.717, 1.165) is 48.5 Å². The van der Waals surface area contributed by atoms with Crippen LogP contribution in [-0.4, -0.2) is 40.0 Å². The van der Waals surface area contributed by atoms with Crippen molar-refractivity contribution in [1.82, 2.24) is 14.5 Å². The molecule has 19 heavy (non-hydrogen) atoms. The molecule has 0 spiro atoms. The van der Waals surface area contributed by atoms with E-state index in [1.54, 1.807) is 0 Å². The van der Waals surface area contributed by atoms with E-state index in [9.17, 15) is 0 Å². The minimum atomic E-state index is 0.803. The lowest BCUT2D eigenvalue weighted by Gasteiger charge is -2.26. The van der Waals surface area contributed by atoms with Gasteiger partial charge in [0.1, 0.15) is 11.5 Å². The Morgan fingerprint density at radius 2 is 2.05 bits per heavy atom. The lowest BCUT2D eigenvalue weighted by Crippen LogP contribution is -2.38. The van der Waals surface area contributed by atoms with Crippen LogP contribution in [0.5, 0.6) is 0 Å². The van der Waals surface area contributed by atoms with Crippen LogP contribution in [0.25, 0.3) is 11.4 Å². The van der Waals surface area contributed by atoms with Crippen molar-refractivity contribution in [2.24, 2.45) is 12.0 Å². The number of imidazole rings is 1. The lowest BCUT2D eigenvalue weighted by molar-refractivity contribution is 0.481. The first kappa shape index (κ1) is 10.6. The zero-order valence-corrected chi connectivity index (χ0v) is 10.8. The van der Waals surface area contributed by atoms with Gasteiger partial charge in [-0.15, -0.1) is 0 Å². The molecular formula is C14H15N5. The average Bonchev–Trinajstić information content (AvgIpc) is 3.04. The Hall–Kier alpha value is -2.30. The summed E-state index contributed by atoms with van der Waals surface area (Å²) in [5, 5.41) is 3.38. The van der Waals surface area contributed by atoms with Crippen LogP contribution in [0.2, 0.25) is 0 Å². The number of fused-ring (bicyclic) bond motifs is 3. The number of amidine groups is 1. The van der Waals surface area contributed by atoms with E-state index in [1.807, 2.05) is 18.2 Å². The van der Waals surface area contributed by atoms with Crippen LogP contribution in [0.4, 0.5) is 5.82 Å². The van der Waals surface area contributed by atoms with E-state index in [2.05, 4.69) is 39.0 Å². The Morgan fingerprint density at radius 1 is 1.21 bits per heavy atom. The van der Waals surface area contributed by atoms with E-state index in [4.69, 9.17) is 4.98 Å². The molecule has 0 saturated heterocycles. The van der Waals surface area contributed by atoms with Crippen molar-refractivity contribution < 1.29 is 0 Å². The van der Waals surface area contributed by atoms with Gasteiger partial charge in [-0.25, -0.2) is 4.98 Å². The number of hydrogen-bond donors (Lipinski definition) is 1. The molecule has 96 valence electrons. The van der Waals surface area contributed by atoms with Gasteiger partial charge >= 0.3 is 0 Å². The maximum atomic E-state index is 4.73. The molecule has 0 aliphatic carbocycles. The van der Waals surface area contributed by atoms with Gasteiger partial charge in [0, 0.05) is 19.2 Å². The molecule has 4 rings (SSSR count). The summed E-state index contributed by atoms with van der Waals surface area (Å²) in [6.07, 6.45) is 0. The fourth-order valence-corrected chi connectivity index (χ4v) is 2.75. The second kappa shape index (κ2) is 3.85. The highest BCUT2D eigenvalue weighted by Gasteiger charge is 2.30. The topological polar surface area (TPSA) is 45.5 Å². The van der Waals surface area contributed by atoms with Gasteiger partial charge in [0.15, 0.2) is 11.7 Å². The summed E-state index contributed by atoms with van der Waals surface area (Å²) in [5.41, 5.74) is 2.23. The van der Waals surface area contributed by atoms with Crippen molar-refractivity contribution in [2.75, 3.05) is 25.1 Å². The smallest absolute Gasteiger partial charge is 0.157 e. The number of hydrogen-bond acceptors (Lipinski definition) is 4. The largest absolute Gasteiger partial charge is 0.351 e. The summed E-state index contributed by atoms with van der Waals surface area (Å²) in [5.74, 6) is 3.00. The number of rotatable bonds is 1. The van der Waals surface area contributed by atoms with Gasteiger partial charge in [-0.05, 0) is 0 Å². The summed E-state index contributed by atoms with van der Waals surface area (Å²) < 4.78 is 2.13. The Labute approximate surface area is 111 Å². The number of nitrogens with zero attached hydrogens (tertiary/aromatic N) is 4. The van der Waals surface area contributed by atoms with Gasteiger partial charge in [-0.3, -0.25) is 4.99 Å². The fraction of sp³-hybridized carbons (Fsp3) is 0.286. The molecule has 5 nitrogen and oxygen atoms in total. The Balaban J connectivity index is 1.89. The highest BCUT2D eigenvalue weighted by Crippen LogP contribution is 2.29. The molecule has 0 radical (unpaired) electrons. The minimum absolute atomic E-state index is 0.803. The Kier molecular flexibility index (Phi) is 2.15. The quantitative estimate of drug-likeness (QED) is 0.838. The van der Waals surface area contributed by atoms with Crippen LogP contribution in [0.3, 0.4) is 0 Å². The molecule has 0 amide bonds. The van der Waals surface area contributed by atoms with E-state index in [0.29, 0.717) is 0 Å². The first-order valence-corrected chi connectivity index (χ1v) is 6.50. The third kappa shape index (κ3) is 1.47. The molecule has 0 atom stereocenters. The molecule has 0 saturated carbocycles. The van der Waals surface area contributed by atoms with Gasteiger partial charge in [0.05, 0.1) is 13.2 Å². The minimum Gasteiger partial charge on any atom is -0.351 e. The Bertz CT molecular complexity index is 656. The number of aromatic nitrogens is 2. The lowest BCUT2D eigenvalue weighted by atomic mass is 10.2. The van der Waals surface area contributed by atoms with Crippen molar-refractivity contribution >= 4 is 11.7 Å². The van der Waals surface area contributed by atoms with Crippen LogP contribution in [-0.2, 0) is 7.05 Å². The van der Waals surface area contributed by atoms with Crippen molar-refractivity contribution in [2.45, 2.75) is 0 Å². The predicted octanol–water partition coefficient (Wildman–Crippen LogP) is 1.53. The molecule has 3 heterocycles. The van der Waals surface area contributed by atoms with Crippen LogP contribution < -0.4 is 5.32 Å². The van der Waals surface area contributed by atoms with Crippen LogP contribution >= 0.6 is 0 Å². The van der Waals surface area contributed by atoms with Crippen molar-refractivity contribution in [1.29, 1.82) is 0 Å². The van der Waals surface area contributed by atoms with E-state index >= 15 is 0 Å². The van der Waals surface area contributed by atoms with Crippen LogP contribution in [0.15, 0.2) is 35.3 Å². The number of benzene rings is 1. The highest BCUT2D eigenvalue weighted by molar-refractivity contribution is 6.04. The predicted molar refractivity (Wildman–Crippen MR) is 75.2 cm³/mol. The maximum absolute atomic E-state index is 4.73. The first-order valence-electron chi connectivity index (χ1n) is 6.50. The molecule has 1 aromatic carbocycles. The van der Waals surface area contributed by atoms with Gasteiger partial charge in [-0.2, -0.15) is 0 Å². The summed E-state index contributed by atoms with van der Waals surface area (Å²) in [7, 11) is 2.06. The molecule has 0 unspecified atom stereocenters. The number of nitrogens with one attached hydrogen (secondary N) is 1. The standard InChI is InChI=1S/C14H15N5/c1-18-11-12(16-9-19-8-7-15-14(11)19)17-13(18)10-5-3-2-4-6-10/h2-6,16H,7-9H2,1H3. The molecular weight excluding hydrogens is 238 g/mol. The third-order valence-electron chi connectivity index (χ3n) is 3.71. The van der Waals surface area contributed by atoms with E-state index in [-0.39, 0.29) is 0 Å². The maximum Gasteiger partial charge on any atom is 0.157 e. The average molecular weight is 253 g/mol. The van der Waals surface area contributed by atoms with Gasteiger partial charge in [-0.1, -0.05) is 30.3 Å². The molecule has 5 heteroatoms. The zero-order chi connectivity index (χ0) is 12.8. The van der Waals surface area contributed by atoms with Gasteiger partial charge in [0.2, 0.25) is 0 Å². The molecule has 2 aromatic rings. The molecule has 2 aliphatic rings. The molecule has 1 aromatic heterocycles. The normalized spacial score (nSPS) is 16.7. The van der Waals surface area contributed by atoms with Crippen LogP contribution in [0, 0.1) is 0 Å². The van der Waals surface area contributed by atoms with E-state index in [1.165, 1.54) is 0 Å². The number of aliphatic imine (C=N–C) groups is 1. The monoisotopic (exact) mass is 253 g/mol. The van der Waals surface area contributed by atoms with Crippen LogP contribution in [0.1, 0.15) is 5.69 Å². The van der Waals surface area contributed by atoms with Gasteiger partial charge < -0.3 is 14.8 Å². The molecule has 2 aliphatic heterocycles. The Morgan fingerprint density at radius 3 is 2.89 bits per heavy atom. The fourth-order valence-electron chi connectivity index (χ4n) is 2.75. The second-order valence-electron chi connectivity index (χ2n) is 4.86. The summed E-state index contributed by atoms with van der Waals surface area (Å²) >= 11 is 0. The molecule has 1 N–H and O–H groups in total. The van der Waals surface area contributed by atoms with Crippen molar-refractivity contribution in [3.8, 4) is 11.4 Å². The van der Waals surface area contributed by atoms with Crippen molar-refractivity contribution in [3.05, 3.63) is 36.0 Å². The van der Waals surface area contributed by atoms with Crippen molar-refractivity contribution in [3.63, 3.8) is 0 Å². The number of anilines is 1.